The minimum atomic E-state index is 1.12. The smallest absolute Gasteiger partial charge is 0.0746 e. The maximum absolute atomic E-state index is 4.62. The molecule has 0 radical (unpaired) electrons. The standard InChI is InChI=1S/C35H23N3/c1-2-8-28-23-37-35(21-27(28)7-1)32(22-36-37)26-15-13-24(14-16-26)25-17-19-29(20-18-25)38-33-11-5-3-9-30(33)31-10-4-6-12-34(31)38/h1-23H. The Bertz CT molecular complexity index is 2060. The van der Waals surface area contributed by atoms with Crippen molar-refractivity contribution in [3.8, 4) is 27.9 Å². The number of benzene rings is 5. The van der Waals surface area contributed by atoms with Crippen molar-refractivity contribution in [3.05, 3.63) is 140 Å². The number of aromatic nitrogens is 3. The van der Waals surface area contributed by atoms with E-state index >= 15 is 0 Å². The molecule has 0 atom stereocenters. The molecule has 3 nitrogen and oxygen atoms in total. The molecule has 0 saturated carbocycles. The third kappa shape index (κ3) is 3.19. The fraction of sp³-hybridized carbons (Fsp3) is 0. The van der Waals surface area contributed by atoms with Crippen LogP contribution in [0, 0.1) is 0 Å². The molecule has 0 aliphatic rings. The van der Waals surface area contributed by atoms with Gasteiger partial charge in [-0.05, 0) is 52.4 Å². The van der Waals surface area contributed by atoms with Gasteiger partial charge >= 0.3 is 0 Å². The first-order valence-corrected chi connectivity index (χ1v) is 12.9. The Hall–Kier alpha value is -5.15. The molecule has 38 heavy (non-hydrogen) atoms. The Morgan fingerprint density at radius 1 is 0.474 bits per heavy atom. The van der Waals surface area contributed by atoms with Crippen molar-refractivity contribution in [2.45, 2.75) is 0 Å². The normalized spacial score (nSPS) is 11.7. The molecule has 178 valence electrons. The second-order valence-electron chi connectivity index (χ2n) is 9.78. The Kier molecular flexibility index (Phi) is 4.52. The number of nitrogens with zero attached hydrogens (tertiary/aromatic N) is 3. The summed E-state index contributed by atoms with van der Waals surface area (Å²) in [5.74, 6) is 0. The predicted octanol–water partition coefficient (Wildman–Crippen LogP) is 8.92. The lowest BCUT2D eigenvalue weighted by Crippen LogP contribution is -1.93. The maximum Gasteiger partial charge on any atom is 0.0746 e. The van der Waals surface area contributed by atoms with Crippen LogP contribution in [0.4, 0.5) is 0 Å². The van der Waals surface area contributed by atoms with E-state index in [9.17, 15) is 0 Å². The SMILES string of the molecule is c1ccc2cn3ncc(-c4ccc(-c5ccc(-n6c7ccccc7c7ccccc76)cc5)cc4)c3cc2c1. The molecule has 3 heterocycles. The van der Waals surface area contributed by atoms with Crippen LogP contribution in [0.15, 0.2) is 140 Å². The van der Waals surface area contributed by atoms with Gasteiger partial charge in [0.15, 0.2) is 0 Å². The summed E-state index contributed by atoms with van der Waals surface area (Å²) in [6, 6.07) is 45.6. The maximum atomic E-state index is 4.62. The van der Waals surface area contributed by atoms with E-state index in [-0.39, 0.29) is 0 Å². The lowest BCUT2D eigenvalue weighted by atomic mass is 10.0. The Morgan fingerprint density at radius 3 is 1.71 bits per heavy atom. The van der Waals surface area contributed by atoms with Crippen LogP contribution in [-0.4, -0.2) is 14.2 Å². The molecule has 0 unspecified atom stereocenters. The van der Waals surface area contributed by atoms with E-state index < -0.39 is 0 Å². The van der Waals surface area contributed by atoms with Crippen LogP contribution in [0.5, 0.6) is 0 Å². The molecule has 0 spiro atoms. The molecule has 0 fully saturated rings. The van der Waals surface area contributed by atoms with Gasteiger partial charge in [0.2, 0.25) is 0 Å². The first kappa shape index (κ1) is 21.0. The predicted molar refractivity (Wildman–Crippen MR) is 158 cm³/mol. The molecule has 0 amide bonds. The van der Waals surface area contributed by atoms with Crippen molar-refractivity contribution >= 4 is 38.1 Å². The molecule has 0 saturated heterocycles. The van der Waals surface area contributed by atoms with Gasteiger partial charge in [-0.1, -0.05) is 97.1 Å². The summed E-state index contributed by atoms with van der Waals surface area (Å²) in [6.45, 7) is 0. The lowest BCUT2D eigenvalue weighted by Gasteiger charge is -2.10. The topological polar surface area (TPSA) is 22.2 Å². The minimum Gasteiger partial charge on any atom is -0.309 e. The Balaban J connectivity index is 1.16. The van der Waals surface area contributed by atoms with Gasteiger partial charge in [-0.3, -0.25) is 0 Å². The summed E-state index contributed by atoms with van der Waals surface area (Å²) < 4.78 is 4.32. The average Bonchev–Trinajstić information content (AvgIpc) is 3.55. The van der Waals surface area contributed by atoms with Crippen LogP contribution in [-0.2, 0) is 0 Å². The van der Waals surface area contributed by atoms with Gasteiger partial charge in [0.25, 0.3) is 0 Å². The largest absolute Gasteiger partial charge is 0.309 e. The molecular weight excluding hydrogens is 462 g/mol. The van der Waals surface area contributed by atoms with Crippen molar-refractivity contribution in [3.63, 3.8) is 0 Å². The van der Waals surface area contributed by atoms with Gasteiger partial charge in [0, 0.05) is 33.6 Å². The lowest BCUT2D eigenvalue weighted by molar-refractivity contribution is 0.970. The summed E-state index contributed by atoms with van der Waals surface area (Å²) in [5, 5.41) is 9.59. The van der Waals surface area contributed by atoms with Gasteiger partial charge in [0.05, 0.1) is 22.7 Å². The van der Waals surface area contributed by atoms with Crippen molar-refractivity contribution in [1.82, 2.24) is 14.2 Å². The van der Waals surface area contributed by atoms with Crippen molar-refractivity contribution in [2.24, 2.45) is 0 Å². The first-order valence-electron chi connectivity index (χ1n) is 12.9. The zero-order valence-electron chi connectivity index (χ0n) is 20.6. The zero-order valence-corrected chi connectivity index (χ0v) is 20.6. The van der Waals surface area contributed by atoms with E-state index in [0.717, 1.165) is 11.1 Å². The molecule has 5 aromatic carbocycles. The molecule has 0 aliphatic carbocycles. The molecule has 8 aromatic rings. The summed E-state index contributed by atoms with van der Waals surface area (Å²) >= 11 is 0. The highest BCUT2D eigenvalue weighted by Gasteiger charge is 2.12. The minimum absolute atomic E-state index is 1.12. The average molecular weight is 486 g/mol. The molecule has 3 aromatic heterocycles. The third-order valence-corrected chi connectivity index (χ3v) is 7.62. The third-order valence-electron chi connectivity index (χ3n) is 7.62. The Labute approximate surface area is 219 Å². The highest BCUT2D eigenvalue weighted by molar-refractivity contribution is 6.09. The molecule has 0 N–H and O–H groups in total. The number of hydrogen-bond acceptors (Lipinski definition) is 1. The van der Waals surface area contributed by atoms with Crippen molar-refractivity contribution in [2.75, 3.05) is 0 Å². The summed E-state index contributed by atoms with van der Waals surface area (Å²) in [4.78, 5) is 0. The number of para-hydroxylation sites is 2. The van der Waals surface area contributed by atoms with Crippen LogP contribution >= 0.6 is 0 Å². The van der Waals surface area contributed by atoms with E-state index in [1.807, 2.05) is 10.7 Å². The van der Waals surface area contributed by atoms with Crippen LogP contribution in [0.2, 0.25) is 0 Å². The first-order chi connectivity index (χ1) is 18.8. The summed E-state index contributed by atoms with van der Waals surface area (Å²) in [5.41, 5.74) is 9.45. The van der Waals surface area contributed by atoms with E-state index in [1.165, 1.54) is 55.0 Å². The number of hydrogen-bond donors (Lipinski definition) is 0. The fourth-order valence-corrected chi connectivity index (χ4v) is 5.73. The number of fused-ring (bicyclic) bond motifs is 5. The van der Waals surface area contributed by atoms with Crippen LogP contribution in [0.25, 0.3) is 66.0 Å². The molecule has 0 aliphatic heterocycles. The highest BCUT2D eigenvalue weighted by Crippen LogP contribution is 2.33. The van der Waals surface area contributed by atoms with Crippen molar-refractivity contribution < 1.29 is 0 Å². The van der Waals surface area contributed by atoms with Crippen LogP contribution in [0.1, 0.15) is 0 Å². The van der Waals surface area contributed by atoms with Gasteiger partial charge in [-0.2, -0.15) is 5.10 Å². The Morgan fingerprint density at radius 2 is 1.03 bits per heavy atom. The van der Waals surface area contributed by atoms with E-state index in [1.54, 1.807) is 0 Å². The second kappa shape index (κ2) is 8.19. The molecular formula is C35H23N3. The second-order valence-corrected chi connectivity index (χ2v) is 9.78. The summed E-state index contributed by atoms with van der Waals surface area (Å²) in [6.07, 6.45) is 4.06. The van der Waals surface area contributed by atoms with Gasteiger partial charge < -0.3 is 4.57 Å². The number of rotatable bonds is 3. The zero-order chi connectivity index (χ0) is 25.1. The van der Waals surface area contributed by atoms with Crippen molar-refractivity contribution in [1.29, 1.82) is 0 Å². The van der Waals surface area contributed by atoms with Crippen LogP contribution < -0.4 is 0 Å². The number of pyridine rings is 1. The summed E-state index contributed by atoms with van der Waals surface area (Å²) in [7, 11) is 0. The highest BCUT2D eigenvalue weighted by atomic mass is 15.2. The van der Waals surface area contributed by atoms with Gasteiger partial charge in [-0.25, -0.2) is 4.52 Å². The van der Waals surface area contributed by atoms with E-state index in [4.69, 9.17) is 0 Å². The van der Waals surface area contributed by atoms with Crippen LogP contribution in [0.3, 0.4) is 0 Å². The molecule has 3 heteroatoms. The van der Waals surface area contributed by atoms with Gasteiger partial charge in [0.1, 0.15) is 0 Å². The van der Waals surface area contributed by atoms with E-state index in [0.29, 0.717) is 0 Å². The fourth-order valence-electron chi connectivity index (χ4n) is 5.73. The quantitative estimate of drug-likeness (QED) is 0.245. The molecule has 8 rings (SSSR count). The molecule has 0 bridgehead atoms. The van der Waals surface area contributed by atoms with E-state index in [2.05, 4.69) is 143 Å². The monoisotopic (exact) mass is 485 g/mol. The van der Waals surface area contributed by atoms with Gasteiger partial charge in [-0.15, -0.1) is 0 Å².